The number of hydrogen-bond acceptors (Lipinski definition) is 4. The largest absolute Gasteiger partial charge is 0.468 e. The fraction of sp³-hybridized carbons (Fsp3) is 0.348. The highest BCUT2D eigenvalue weighted by Gasteiger charge is 2.60. The lowest BCUT2D eigenvalue weighted by molar-refractivity contribution is -0.161. The van der Waals surface area contributed by atoms with Crippen LogP contribution in [-0.4, -0.2) is 48.4 Å². The third kappa shape index (κ3) is 3.39. The molecule has 2 amide bonds. The summed E-state index contributed by atoms with van der Waals surface area (Å²) in [6.07, 6.45) is 1.01. The first kappa shape index (κ1) is 19.2. The Labute approximate surface area is 169 Å². The molecule has 0 unspecified atom stereocenters. The zero-order chi connectivity index (χ0) is 20.4. The number of hydrogen-bond donors (Lipinski definition) is 1. The third-order valence-corrected chi connectivity index (χ3v) is 5.97. The van der Waals surface area contributed by atoms with Crippen molar-refractivity contribution in [1.29, 1.82) is 0 Å². The number of rotatable bonds is 5. The van der Waals surface area contributed by atoms with Crippen molar-refractivity contribution >= 4 is 17.8 Å². The summed E-state index contributed by atoms with van der Waals surface area (Å²) in [6.45, 7) is 0.351. The summed E-state index contributed by atoms with van der Waals surface area (Å²) in [7, 11) is 1.31. The predicted molar refractivity (Wildman–Crippen MR) is 107 cm³/mol. The molecular weight excluding hydrogens is 368 g/mol. The molecule has 2 aliphatic rings. The quantitative estimate of drug-likeness (QED) is 0.621. The second-order valence-corrected chi connectivity index (χ2v) is 7.76. The van der Waals surface area contributed by atoms with E-state index in [4.69, 9.17) is 4.74 Å². The molecule has 29 heavy (non-hydrogen) atoms. The van der Waals surface area contributed by atoms with Crippen LogP contribution in [0.4, 0.5) is 0 Å². The molecule has 2 aliphatic heterocycles. The fourth-order valence-electron chi connectivity index (χ4n) is 4.59. The molecule has 2 saturated heterocycles. The van der Waals surface area contributed by atoms with E-state index in [0.717, 1.165) is 11.1 Å². The maximum Gasteiger partial charge on any atom is 0.321 e. The van der Waals surface area contributed by atoms with E-state index in [2.05, 4.69) is 5.32 Å². The average Bonchev–Trinajstić information content (AvgIpc) is 3.04. The van der Waals surface area contributed by atoms with Gasteiger partial charge in [-0.15, -0.1) is 0 Å². The second kappa shape index (κ2) is 7.70. The highest BCUT2D eigenvalue weighted by atomic mass is 16.5. The molecule has 2 aromatic carbocycles. The van der Waals surface area contributed by atoms with E-state index in [1.807, 2.05) is 60.7 Å². The highest BCUT2D eigenvalue weighted by Crippen LogP contribution is 2.42. The highest BCUT2D eigenvalue weighted by molar-refractivity contribution is 6.06. The normalized spacial score (nSPS) is 26.0. The van der Waals surface area contributed by atoms with Gasteiger partial charge in [0, 0.05) is 13.0 Å². The van der Waals surface area contributed by atoms with Crippen molar-refractivity contribution in [2.75, 3.05) is 13.7 Å². The fourth-order valence-corrected chi connectivity index (χ4v) is 4.59. The minimum Gasteiger partial charge on any atom is -0.468 e. The number of ether oxygens (including phenoxy) is 1. The summed E-state index contributed by atoms with van der Waals surface area (Å²) in [6, 6.07) is 18.2. The van der Waals surface area contributed by atoms with Gasteiger partial charge in [-0.3, -0.25) is 14.4 Å². The maximum atomic E-state index is 13.7. The van der Waals surface area contributed by atoms with Crippen LogP contribution in [0.3, 0.4) is 0 Å². The van der Waals surface area contributed by atoms with Gasteiger partial charge in [0.1, 0.15) is 6.04 Å². The van der Waals surface area contributed by atoms with Crippen LogP contribution in [0.15, 0.2) is 60.7 Å². The van der Waals surface area contributed by atoms with Gasteiger partial charge in [0.25, 0.3) is 0 Å². The smallest absolute Gasteiger partial charge is 0.321 e. The monoisotopic (exact) mass is 392 g/mol. The minimum absolute atomic E-state index is 0.182. The van der Waals surface area contributed by atoms with Gasteiger partial charge < -0.3 is 15.0 Å². The van der Waals surface area contributed by atoms with Gasteiger partial charge in [0.2, 0.25) is 11.8 Å². The van der Waals surface area contributed by atoms with E-state index in [1.54, 1.807) is 4.90 Å². The van der Waals surface area contributed by atoms with E-state index < -0.39 is 17.4 Å². The van der Waals surface area contributed by atoms with Crippen molar-refractivity contribution in [2.24, 2.45) is 5.41 Å². The lowest BCUT2D eigenvalue weighted by Crippen LogP contribution is -2.60. The molecule has 0 saturated carbocycles. The Balaban J connectivity index is 1.69. The number of methoxy groups -OCH3 is 1. The first-order valence-corrected chi connectivity index (χ1v) is 9.82. The maximum absolute atomic E-state index is 13.7. The molecule has 4 rings (SSSR count). The van der Waals surface area contributed by atoms with Crippen LogP contribution in [0.5, 0.6) is 0 Å². The Morgan fingerprint density at radius 3 is 2.31 bits per heavy atom. The zero-order valence-electron chi connectivity index (χ0n) is 16.3. The predicted octanol–water partition coefficient (Wildman–Crippen LogP) is 1.73. The number of carbonyl (C=O) groups excluding carboxylic acids is 3. The topological polar surface area (TPSA) is 75.7 Å². The molecule has 0 radical (unpaired) electrons. The SMILES string of the molecule is COC(=O)[C@]1(Cc2ccccc2)C[C@@H]2CNC(=O)[C@H](Cc3ccccc3)N2C1=O. The van der Waals surface area contributed by atoms with Crippen LogP contribution >= 0.6 is 0 Å². The Hall–Kier alpha value is -3.15. The van der Waals surface area contributed by atoms with Gasteiger partial charge in [-0.25, -0.2) is 0 Å². The number of nitrogens with one attached hydrogen (secondary N) is 1. The molecule has 3 atom stereocenters. The van der Waals surface area contributed by atoms with Crippen LogP contribution in [0.25, 0.3) is 0 Å². The number of piperazine rings is 1. The molecule has 2 fully saturated rings. The van der Waals surface area contributed by atoms with Gasteiger partial charge in [-0.1, -0.05) is 60.7 Å². The van der Waals surface area contributed by atoms with Crippen molar-refractivity contribution < 1.29 is 19.1 Å². The third-order valence-electron chi connectivity index (χ3n) is 5.97. The van der Waals surface area contributed by atoms with Gasteiger partial charge in [-0.2, -0.15) is 0 Å². The first-order valence-electron chi connectivity index (χ1n) is 9.82. The molecule has 6 heteroatoms. The summed E-state index contributed by atoms with van der Waals surface area (Å²) in [5.41, 5.74) is 0.562. The average molecular weight is 392 g/mol. The molecule has 0 bridgehead atoms. The number of carbonyl (C=O) groups is 3. The van der Waals surface area contributed by atoms with Crippen molar-refractivity contribution in [3.63, 3.8) is 0 Å². The number of benzene rings is 2. The van der Waals surface area contributed by atoms with E-state index in [9.17, 15) is 14.4 Å². The van der Waals surface area contributed by atoms with Crippen molar-refractivity contribution in [1.82, 2.24) is 10.2 Å². The minimum atomic E-state index is -1.30. The molecular formula is C23H24N2O4. The van der Waals surface area contributed by atoms with Crippen LogP contribution in [0.2, 0.25) is 0 Å². The van der Waals surface area contributed by atoms with Gasteiger partial charge in [0.05, 0.1) is 13.2 Å². The van der Waals surface area contributed by atoms with Crippen LogP contribution in [0.1, 0.15) is 17.5 Å². The Kier molecular flexibility index (Phi) is 5.09. The second-order valence-electron chi connectivity index (χ2n) is 7.76. The molecule has 2 heterocycles. The number of amides is 2. The zero-order valence-corrected chi connectivity index (χ0v) is 16.3. The molecule has 6 nitrogen and oxygen atoms in total. The van der Waals surface area contributed by atoms with Crippen molar-refractivity contribution in [3.05, 3.63) is 71.8 Å². The van der Waals surface area contributed by atoms with E-state index in [0.29, 0.717) is 19.4 Å². The van der Waals surface area contributed by atoms with Crippen LogP contribution in [-0.2, 0) is 32.0 Å². The Morgan fingerprint density at radius 1 is 1.07 bits per heavy atom. The van der Waals surface area contributed by atoms with Gasteiger partial charge in [-0.05, 0) is 24.0 Å². The summed E-state index contributed by atoms with van der Waals surface area (Å²) in [5, 5.41) is 2.92. The Morgan fingerprint density at radius 2 is 1.69 bits per heavy atom. The summed E-state index contributed by atoms with van der Waals surface area (Å²) >= 11 is 0. The Bertz CT molecular complexity index is 915. The van der Waals surface area contributed by atoms with E-state index >= 15 is 0 Å². The molecule has 150 valence electrons. The number of esters is 1. The van der Waals surface area contributed by atoms with Crippen molar-refractivity contribution in [2.45, 2.75) is 31.3 Å². The summed E-state index contributed by atoms with van der Waals surface area (Å²) < 4.78 is 5.07. The lowest BCUT2D eigenvalue weighted by atomic mass is 9.79. The summed E-state index contributed by atoms with van der Waals surface area (Å²) in [4.78, 5) is 40.8. The van der Waals surface area contributed by atoms with Gasteiger partial charge >= 0.3 is 5.97 Å². The standard InChI is InChI=1S/C23H24N2O4/c1-29-22(28)23(13-17-10-6-3-7-11-17)14-18-15-24-20(26)19(25(18)21(23)27)12-16-8-4-2-5-9-16/h2-11,18-19H,12-15H2,1H3,(H,24,26)/t18-,19+,23-/m1/s1. The molecule has 0 aliphatic carbocycles. The van der Waals surface area contributed by atoms with Crippen LogP contribution in [0, 0.1) is 5.41 Å². The van der Waals surface area contributed by atoms with E-state index in [1.165, 1.54) is 7.11 Å². The number of fused-ring (bicyclic) bond motifs is 1. The van der Waals surface area contributed by atoms with Crippen molar-refractivity contribution in [3.8, 4) is 0 Å². The lowest BCUT2D eigenvalue weighted by Gasteiger charge is -2.37. The molecule has 2 aromatic rings. The van der Waals surface area contributed by atoms with Gasteiger partial charge in [0.15, 0.2) is 5.41 Å². The number of nitrogens with zero attached hydrogens (tertiary/aromatic N) is 1. The molecule has 0 aromatic heterocycles. The molecule has 1 N–H and O–H groups in total. The van der Waals surface area contributed by atoms with Crippen LogP contribution < -0.4 is 5.32 Å². The van der Waals surface area contributed by atoms with E-state index in [-0.39, 0.29) is 24.3 Å². The molecule has 0 spiro atoms. The first-order chi connectivity index (χ1) is 14.0. The summed E-state index contributed by atoms with van der Waals surface area (Å²) in [5.74, 6) is -1.03.